The van der Waals surface area contributed by atoms with E-state index in [0.29, 0.717) is 6.42 Å². The third-order valence-corrected chi connectivity index (χ3v) is 5.56. The molecule has 2 aromatic carbocycles. The van der Waals surface area contributed by atoms with Gasteiger partial charge in [-0.25, -0.2) is 4.98 Å². The Morgan fingerprint density at radius 2 is 1.81 bits per heavy atom. The monoisotopic (exact) mass is 381 g/mol. The Hall–Kier alpha value is -2.24. The Balaban J connectivity index is 1.38. The Morgan fingerprint density at radius 1 is 1.04 bits per heavy atom. The van der Waals surface area contributed by atoms with E-state index in [1.54, 1.807) is 11.3 Å². The van der Waals surface area contributed by atoms with Crippen molar-refractivity contribution in [3.05, 3.63) is 59.1 Å². The summed E-state index contributed by atoms with van der Waals surface area (Å²) in [5, 5.41) is 4.15. The molecule has 1 amide bonds. The summed E-state index contributed by atoms with van der Waals surface area (Å²) in [7, 11) is 4.15. The summed E-state index contributed by atoms with van der Waals surface area (Å²) in [5.74, 6) is 0.0836. The molecule has 3 rings (SSSR count). The van der Waals surface area contributed by atoms with Crippen LogP contribution >= 0.6 is 11.3 Å². The van der Waals surface area contributed by atoms with Gasteiger partial charge in [0, 0.05) is 18.7 Å². The number of hydrogen-bond acceptors (Lipinski definition) is 4. The van der Waals surface area contributed by atoms with E-state index in [0.717, 1.165) is 48.4 Å². The molecule has 142 valence electrons. The first-order valence-electron chi connectivity index (χ1n) is 9.48. The lowest BCUT2D eigenvalue weighted by atomic mass is 10.1. The van der Waals surface area contributed by atoms with Gasteiger partial charge in [0.2, 0.25) is 5.91 Å². The van der Waals surface area contributed by atoms with Crippen LogP contribution in [0, 0.1) is 0 Å². The number of aromatic nitrogens is 1. The third kappa shape index (κ3) is 6.15. The van der Waals surface area contributed by atoms with Gasteiger partial charge in [-0.3, -0.25) is 4.79 Å². The topological polar surface area (TPSA) is 45.2 Å². The van der Waals surface area contributed by atoms with Gasteiger partial charge in [-0.2, -0.15) is 0 Å². The van der Waals surface area contributed by atoms with Crippen molar-refractivity contribution in [2.45, 2.75) is 32.1 Å². The Kier molecular flexibility index (Phi) is 6.96. The summed E-state index contributed by atoms with van der Waals surface area (Å²) in [6.45, 7) is 1.03. The van der Waals surface area contributed by atoms with E-state index in [2.05, 4.69) is 53.6 Å². The summed E-state index contributed by atoms with van der Waals surface area (Å²) in [4.78, 5) is 19.0. The van der Waals surface area contributed by atoms with Crippen LogP contribution in [0.15, 0.2) is 48.5 Å². The van der Waals surface area contributed by atoms with E-state index in [1.807, 2.05) is 24.3 Å². The van der Waals surface area contributed by atoms with Gasteiger partial charge in [0.05, 0.1) is 15.2 Å². The second kappa shape index (κ2) is 9.62. The minimum atomic E-state index is 0.0836. The first kappa shape index (κ1) is 19.5. The maximum atomic E-state index is 12.1. The van der Waals surface area contributed by atoms with Crippen molar-refractivity contribution in [1.29, 1.82) is 0 Å². The first-order chi connectivity index (χ1) is 13.1. The zero-order valence-electron chi connectivity index (χ0n) is 16.1. The van der Waals surface area contributed by atoms with Gasteiger partial charge in [0.25, 0.3) is 0 Å². The molecule has 0 unspecified atom stereocenters. The molecular weight excluding hydrogens is 354 g/mol. The number of fused-ring (bicyclic) bond motifs is 1. The van der Waals surface area contributed by atoms with Gasteiger partial charge in [0.1, 0.15) is 0 Å². The van der Waals surface area contributed by atoms with Crippen LogP contribution < -0.4 is 5.32 Å². The van der Waals surface area contributed by atoms with Gasteiger partial charge < -0.3 is 10.2 Å². The molecule has 0 aliphatic rings. The average molecular weight is 382 g/mol. The summed E-state index contributed by atoms with van der Waals surface area (Å²) in [6, 6.07) is 16.4. The lowest BCUT2D eigenvalue weighted by molar-refractivity contribution is -0.116. The molecule has 3 aromatic rings. The second-order valence-corrected chi connectivity index (χ2v) is 8.20. The van der Waals surface area contributed by atoms with E-state index in [9.17, 15) is 4.79 Å². The molecule has 0 atom stereocenters. The zero-order chi connectivity index (χ0) is 19.1. The highest BCUT2D eigenvalue weighted by Crippen LogP contribution is 2.23. The number of rotatable bonds is 9. The molecule has 0 bridgehead atoms. The highest BCUT2D eigenvalue weighted by atomic mass is 32.1. The van der Waals surface area contributed by atoms with Crippen molar-refractivity contribution in [3.8, 4) is 0 Å². The molecule has 4 nitrogen and oxygen atoms in total. The van der Waals surface area contributed by atoms with Crippen LogP contribution in [0.25, 0.3) is 10.2 Å². The summed E-state index contributed by atoms with van der Waals surface area (Å²) >= 11 is 1.75. The number of nitrogens with one attached hydrogen (secondary N) is 1. The van der Waals surface area contributed by atoms with Crippen LogP contribution in [0.5, 0.6) is 0 Å². The number of aryl methyl sites for hydroxylation is 1. The summed E-state index contributed by atoms with van der Waals surface area (Å²) in [5.41, 5.74) is 3.24. The summed E-state index contributed by atoms with van der Waals surface area (Å²) < 4.78 is 1.24. The second-order valence-electron chi connectivity index (χ2n) is 7.08. The lowest BCUT2D eigenvalue weighted by Crippen LogP contribution is -2.15. The predicted octanol–water partition coefficient (Wildman–Crippen LogP) is 4.75. The predicted molar refractivity (Wildman–Crippen MR) is 115 cm³/mol. The number of unbranched alkanes of at least 4 members (excludes halogenated alkanes) is 1. The van der Waals surface area contributed by atoms with E-state index in [1.165, 1.54) is 10.3 Å². The number of carbonyl (C=O) groups excluding carboxylic acids is 1. The highest BCUT2D eigenvalue weighted by Gasteiger charge is 2.06. The van der Waals surface area contributed by atoms with Crippen LogP contribution in [-0.4, -0.2) is 36.4 Å². The van der Waals surface area contributed by atoms with Crippen LogP contribution in [0.3, 0.4) is 0 Å². The fraction of sp³-hybridized carbons (Fsp3) is 0.364. The zero-order valence-corrected chi connectivity index (χ0v) is 16.9. The number of benzene rings is 2. The molecule has 27 heavy (non-hydrogen) atoms. The molecule has 1 aromatic heterocycles. The van der Waals surface area contributed by atoms with Crippen LogP contribution in [0.1, 0.15) is 29.8 Å². The van der Waals surface area contributed by atoms with Crippen LogP contribution in [0.2, 0.25) is 0 Å². The first-order valence-corrected chi connectivity index (χ1v) is 10.3. The number of para-hydroxylation sites is 1. The van der Waals surface area contributed by atoms with E-state index in [4.69, 9.17) is 0 Å². The van der Waals surface area contributed by atoms with Crippen molar-refractivity contribution in [1.82, 2.24) is 9.88 Å². The fourth-order valence-electron chi connectivity index (χ4n) is 2.92. The highest BCUT2D eigenvalue weighted by molar-refractivity contribution is 7.18. The smallest absolute Gasteiger partial charge is 0.224 e. The SMILES string of the molecule is CN(C)CCc1ccc(NC(=O)CCCCc2nc3ccccc3s2)cc1. The molecular formula is C22H27N3OS. The molecule has 0 radical (unpaired) electrons. The van der Waals surface area contributed by atoms with E-state index in [-0.39, 0.29) is 5.91 Å². The van der Waals surface area contributed by atoms with Crippen molar-refractivity contribution >= 4 is 33.1 Å². The van der Waals surface area contributed by atoms with Crippen molar-refractivity contribution in [3.63, 3.8) is 0 Å². The van der Waals surface area contributed by atoms with Crippen LogP contribution in [-0.2, 0) is 17.6 Å². The number of anilines is 1. The molecule has 1 heterocycles. The molecule has 0 fully saturated rings. The molecule has 0 aliphatic carbocycles. The lowest BCUT2D eigenvalue weighted by Gasteiger charge is -2.10. The van der Waals surface area contributed by atoms with Gasteiger partial charge >= 0.3 is 0 Å². The number of carbonyl (C=O) groups is 1. The molecule has 0 spiro atoms. The number of amides is 1. The Bertz CT molecular complexity index is 838. The number of nitrogens with zero attached hydrogens (tertiary/aromatic N) is 2. The fourth-order valence-corrected chi connectivity index (χ4v) is 3.93. The van der Waals surface area contributed by atoms with Gasteiger partial charge in [-0.15, -0.1) is 11.3 Å². The van der Waals surface area contributed by atoms with Crippen molar-refractivity contribution < 1.29 is 4.79 Å². The molecule has 0 saturated carbocycles. The number of hydrogen-bond donors (Lipinski definition) is 1. The van der Waals surface area contributed by atoms with Crippen molar-refractivity contribution in [2.24, 2.45) is 0 Å². The molecule has 0 saturated heterocycles. The Labute approximate surface area is 165 Å². The average Bonchev–Trinajstić information content (AvgIpc) is 3.07. The van der Waals surface area contributed by atoms with Gasteiger partial charge in [-0.05, 0) is 69.6 Å². The van der Waals surface area contributed by atoms with Gasteiger partial charge in [-0.1, -0.05) is 24.3 Å². The van der Waals surface area contributed by atoms with Crippen LogP contribution in [0.4, 0.5) is 5.69 Å². The third-order valence-electron chi connectivity index (χ3n) is 4.47. The quantitative estimate of drug-likeness (QED) is 0.544. The normalized spacial score (nSPS) is 11.2. The Morgan fingerprint density at radius 3 is 2.56 bits per heavy atom. The number of thiazole rings is 1. The molecule has 1 N–H and O–H groups in total. The van der Waals surface area contributed by atoms with Crippen molar-refractivity contribution in [2.75, 3.05) is 26.0 Å². The maximum Gasteiger partial charge on any atom is 0.224 e. The molecule has 0 aliphatic heterocycles. The largest absolute Gasteiger partial charge is 0.326 e. The number of likely N-dealkylation sites (N-methyl/N-ethyl adjacent to an activating group) is 1. The minimum absolute atomic E-state index is 0.0836. The standard InChI is InChI=1S/C22H27N3OS/c1-25(2)16-15-17-11-13-18(14-12-17)23-21(26)9-5-6-10-22-24-19-7-3-4-8-20(19)27-22/h3-4,7-8,11-14H,5-6,9-10,15-16H2,1-2H3,(H,23,26). The minimum Gasteiger partial charge on any atom is -0.326 e. The van der Waals surface area contributed by atoms with E-state index >= 15 is 0 Å². The summed E-state index contributed by atoms with van der Waals surface area (Å²) in [6.07, 6.45) is 4.37. The van der Waals surface area contributed by atoms with Gasteiger partial charge in [0.15, 0.2) is 0 Å². The maximum absolute atomic E-state index is 12.1. The molecule has 5 heteroatoms. The van der Waals surface area contributed by atoms with E-state index < -0.39 is 0 Å².